The first-order valence-corrected chi connectivity index (χ1v) is 14.8. The lowest BCUT2D eigenvalue weighted by Crippen LogP contribution is -2.63. The third-order valence-electron chi connectivity index (χ3n) is 8.93. The predicted octanol–water partition coefficient (Wildman–Crippen LogP) is 3.60. The average molecular weight is 593 g/mol. The number of carboxylic acid groups (broad SMARTS) is 3. The van der Waals surface area contributed by atoms with Gasteiger partial charge in [-0.2, -0.15) is 0 Å². The Morgan fingerprint density at radius 2 is 1.90 bits per heavy atom. The van der Waals surface area contributed by atoms with Crippen molar-refractivity contribution in [3.63, 3.8) is 0 Å². The summed E-state index contributed by atoms with van der Waals surface area (Å²) in [4.78, 5) is 40.6. The highest BCUT2D eigenvalue weighted by atomic mass is 32.1. The van der Waals surface area contributed by atoms with E-state index in [2.05, 4.69) is 44.0 Å². The smallest absolute Gasteiger partial charge is 0.337 e. The van der Waals surface area contributed by atoms with Gasteiger partial charge in [0.2, 0.25) is 0 Å². The molecule has 41 heavy (non-hydrogen) atoms. The number of likely N-dealkylation sites (tertiary alicyclic amines) is 1. The fraction of sp³-hybridized carbons (Fsp3) is 0.633. The highest BCUT2D eigenvalue weighted by Gasteiger charge is 2.58. The van der Waals surface area contributed by atoms with Crippen molar-refractivity contribution >= 4 is 29.2 Å². The van der Waals surface area contributed by atoms with E-state index in [1.807, 2.05) is 18.3 Å². The minimum absolute atomic E-state index is 0.0107. The Morgan fingerprint density at radius 1 is 1.22 bits per heavy atom. The van der Waals surface area contributed by atoms with Crippen molar-refractivity contribution in [3.05, 3.63) is 45.3 Å². The SMILES string of the molecule is CCOCC1(CCc2cc(C)c(C)s2)CCN(C(C)(C)C2=CN[C@@](C)(C(C(=O)O)C(O)(CC(=O)O)C(=O)O)C=C2)C1. The van der Waals surface area contributed by atoms with Gasteiger partial charge in [-0.1, -0.05) is 12.2 Å². The molecule has 228 valence electrons. The number of hydrogen-bond donors (Lipinski definition) is 5. The van der Waals surface area contributed by atoms with E-state index < -0.39 is 46.9 Å². The van der Waals surface area contributed by atoms with Crippen molar-refractivity contribution in [2.75, 3.05) is 26.3 Å². The molecule has 3 heterocycles. The maximum absolute atomic E-state index is 12.2. The number of aliphatic carboxylic acids is 3. The molecule has 0 bridgehead atoms. The van der Waals surface area contributed by atoms with Gasteiger partial charge in [-0.15, -0.1) is 11.3 Å². The maximum atomic E-state index is 12.2. The van der Waals surface area contributed by atoms with Gasteiger partial charge in [-0.3, -0.25) is 14.5 Å². The molecule has 1 aromatic heterocycles. The van der Waals surface area contributed by atoms with Crippen molar-refractivity contribution < 1.29 is 39.5 Å². The van der Waals surface area contributed by atoms with Crippen LogP contribution in [-0.4, -0.2) is 86.2 Å². The Morgan fingerprint density at radius 3 is 2.39 bits per heavy atom. The number of thiophene rings is 1. The molecule has 5 N–H and O–H groups in total. The van der Waals surface area contributed by atoms with Crippen LogP contribution < -0.4 is 5.32 Å². The molecule has 0 saturated carbocycles. The Kier molecular flexibility index (Phi) is 9.79. The molecule has 0 aliphatic carbocycles. The standard InChI is InChI=1S/C30H44N2O8S/c1-7-40-18-29(11-9-22-14-19(2)20(3)41-22)12-13-32(17-29)27(4,5)21-8-10-28(6,31-16-21)24(25(35)36)30(39,26(37)38)15-23(33)34/h8,10,14,16,24,31,39H,7,9,11-13,15,17-18H2,1-6H3,(H,33,34)(H,35,36)(H,37,38)/t24?,28-,29?,30?/m1/s1. The number of dihydropyridines is 1. The molecule has 4 atom stereocenters. The van der Waals surface area contributed by atoms with Gasteiger partial charge >= 0.3 is 17.9 Å². The van der Waals surface area contributed by atoms with Crippen molar-refractivity contribution in [1.82, 2.24) is 10.2 Å². The zero-order valence-corrected chi connectivity index (χ0v) is 25.6. The Balaban J connectivity index is 1.81. The molecule has 11 heteroatoms. The first kappa shape index (κ1) is 32.8. The summed E-state index contributed by atoms with van der Waals surface area (Å²) in [6.45, 7) is 14.9. The molecule has 1 fully saturated rings. The van der Waals surface area contributed by atoms with Gasteiger partial charge in [-0.05, 0) is 84.6 Å². The van der Waals surface area contributed by atoms with Gasteiger partial charge < -0.3 is 30.5 Å². The molecule has 0 aromatic carbocycles. The third-order valence-corrected chi connectivity index (χ3v) is 10.1. The topological polar surface area (TPSA) is 157 Å². The fourth-order valence-electron chi connectivity index (χ4n) is 6.11. The van der Waals surface area contributed by atoms with E-state index in [0.717, 1.165) is 37.9 Å². The number of nitrogens with zero attached hydrogens (tertiary/aromatic N) is 1. The van der Waals surface area contributed by atoms with E-state index in [9.17, 15) is 34.8 Å². The summed E-state index contributed by atoms with van der Waals surface area (Å²) < 4.78 is 5.97. The van der Waals surface area contributed by atoms with Crippen LogP contribution in [-0.2, 0) is 25.5 Å². The molecule has 10 nitrogen and oxygen atoms in total. The van der Waals surface area contributed by atoms with Crippen LogP contribution in [0, 0.1) is 25.2 Å². The number of rotatable bonds is 14. The molecular formula is C30H44N2O8S. The zero-order valence-electron chi connectivity index (χ0n) is 24.8. The second-order valence-electron chi connectivity index (χ2n) is 12.3. The summed E-state index contributed by atoms with van der Waals surface area (Å²) in [5, 5.41) is 42.6. The Bertz CT molecular complexity index is 1200. The summed E-state index contributed by atoms with van der Waals surface area (Å²) in [6.07, 6.45) is 6.62. The highest BCUT2D eigenvalue weighted by molar-refractivity contribution is 7.12. The number of aliphatic hydroxyl groups is 1. The zero-order chi connectivity index (χ0) is 30.8. The number of nitrogens with one attached hydrogen (secondary N) is 1. The molecule has 3 rings (SSSR count). The van der Waals surface area contributed by atoms with Crippen molar-refractivity contribution in [2.24, 2.45) is 11.3 Å². The summed E-state index contributed by atoms with van der Waals surface area (Å²) in [6, 6.07) is 2.28. The van der Waals surface area contributed by atoms with E-state index in [1.165, 1.54) is 28.3 Å². The van der Waals surface area contributed by atoms with E-state index in [4.69, 9.17) is 4.74 Å². The molecule has 0 spiro atoms. The van der Waals surface area contributed by atoms with Crippen LogP contribution in [0.1, 0.15) is 62.3 Å². The number of aryl methyl sites for hydroxylation is 3. The van der Waals surface area contributed by atoms with Crippen molar-refractivity contribution in [3.8, 4) is 0 Å². The minimum Gasteiger partial charge on any atom is -0.481 e. The quantitative estimate of drug-likeness (QED) is 0.216. The van der Waals surface area contributed by atoms with Crippen molar-refractivity contribution in [2.45, 2.75) is 83.9 Å². The first-order valence-electron chi connectivity index (χ1n) is 14.0. The number of carbonyl (C=O) groups is 3. The van der Waals surface area contributed by atoms with E-state index in [0.29, 0.717) is 13.2 Å². The van der Waals surface area contributed by atoms with Crippen LogP contribution >= 0.6 is 11.3 Å². The van der Waals surface area contributed by atoms with Crippen LogP contribution in [0.2, 0.25) is 0 Å². The Labute approximate surface area is 245 Å². The lowest BCUT2D eigenvalue weighted by atomic mass is 9.70. The lowest BCUT2D eigenvalue weighted by molar-refractivity contribution is -0.182. The van der Waals surface area contributed by atoms with E-state index in [-0.39, 0.29) is 5.41 Å². The molecule has 1 saturated heterocycles. The normalized spacial score (nSPS) is 25.3. The summed E-state index contributed by atoms with van der Waals surface area (Å²) >= 11 is 1.85. The fourth-order valence-corrected chi connectivity index (χ4v) is 7.16. The Hall–Kier alpha value is -2.73. The van der Waals surface area contributed by atoms with Crippen LogP contribution in [0.4, 0.5) is 0 Å². The third kappa shape index (κ3) is 6.85. The molecule has 1 aromatic rings. The summed E-state index contributed by atoms with van der Waals surface area (Å²) in [5.74, 6) is -7.12. The maximum Gasteiger partial charge on any atom is 0.337 e. The highest BCUT2D eigenvalue weighted by Crippen LogP contribution is 2.43. The van der Waals surface area contributed by atoms with Crippen LogP contribution in [0.15, 0.2) is 30.0 Å². The molecule has 0 radical (unpaired) electrons. The van der Waals surface area contributed by atoms with Crippen LogP contribution in [0.5, 0.6) is 0 Å². The molecule has 3 unspecified atom stereocenters. The average Bonchev–Trinajstić information content (AvgIpc) is 3.44. The monoisotopic (exact) mass is 592 g/mol. The van der Waals surface area contributed by atoms with E-state index >= 15 is 0 Å². The molecular weight excluding hydrogens is 548 g/mol. The van der Waals surface area contributed by atoms with Gasteiger partial charge in [0.15, 0.2) is 5.60 Å². The van der Waals surface area contributed by atoms with Gasteiger partial charge in [-0.25, -0.2) is 4.79 Å². The number of carboxylic acids is 3. The largest absolute Gasteiger partial charge is 0.481 e. The molecule has 2 aliphatic heterocycles. The minimum atomic E-state index is -3.03. The summed E-state index contributed by atoms with van der Waals surface area (Å²) in [5.41, 5.74) is -2.88. The lowest BCUT2D eigenvalue weighted by Gasteiger charge is -2.44. The molecule has 0 amide bonds. The van der Waals surface area contributed by atoms with Gasteiger partial charge in [0.1, 0.15) is 5.92 Å². The van der Waals surface area contributed by atoms with Gasteiger partial charge in [0.05, 0.1) is 18.6 Å². The van der Waals surface area contributed by atoms with Gasteiger partial charge in [0.25, 0.3) is 0 Å². The van der Waals surface area contributed by atoms with Crippen LogP contribution in [0.25, 0.3) is 0 Å². The van der Waals surface area contributed by atoms with Crippen molar-refractivity contribution in [1.29, 1.82) is 0 Å². The molecule has 2 aliphatic rings. The predicted molar refractivity (Wildman–Crippen MR) is 156 cm³/mol. The second-order valence-corrected chi connectivity index (χ2v) is 13.6. The first-order chi connectivity index (χ1) is 19.0. The number of hydrogen-bond acceptors (Lipinski definition) is 8. The second kappa shape index (κ2) is 12.2. The van der Waals surface area contributed by atoms with Gasteiger partial charge in [0, 0.05) is 40.1 Å². The van der Waals surface area contributed by atoms with Crippen LogP contribution in [0.3, 0.4) is 0 Å². The number of ether oxygens (including phenoxy) is 1. The summed E-state index contributed by atoms with van der Waals surface area (Å²) in [7, 11) is 0. The van der Waals surface area contributed by atoms with E-state index in [1.54, 1.807) is 12.3 Å².